The molecule has 0 aromatic carbocycles. The zero-order valence-corrected chi connectivity index (χ0v) is 9.93. The molecule has 0 radical (unpaired) electrons. The van der Waals surface area contributed by atoms with Crippen LogP contribution in [0, 0.1) is 0 Å². The fraction of sp³-hybridized carbons (Fsp3) is 0.545. The number of nitrogens with zero attached hydrogens (tertiary/aromatic N) is 1. The first-order valence-electron chi connectivity index (χ1n) is 5.32. The lowest BCUT2D eigenvalue weighted by atomic mass is 9.98. The summed E-state index contributed by atoms with van der Waals surface area (Å²) in [5, 5.41) is 4.84. The first-order valence-corrected chi connectivity index (χ1v) is 6.20. The Bertz CT molecular complexity index is 361. The van der Waals surface area contributed by atoms with Crippen molar-refractivity contribution in [3.63, 3.8) is 0 Å². The number of fused-ring (bicyclic) bond motifs is 1. The molecule has 15 heavy (non-hydrogen) atoms. The van der Waals surface area contributed by atoms with Gasteiger partial charge in [-0.25, -0.2) is 4.79 Å². The molecular weight excluding hydrogens is 208 g/mol. The maximum atomic E-state index is 11.7. The molecule has 1 unspecified atom stereocenters. The highest BCUT2D eigenvalue weighted by atomic mass is 32.1. The average molecular weight is 224 g/mol. The number of rotatable bonds is 1. The molecule has 1 atom stereocenters. The van der Waals surface area contributed by atoms with Gasteiger partial charge in [-0.1, -0.05) is 6.92 Å². The number of urea groups is 1. The van der Waals surface area contributed by atoms with E-state index in [4.69, 9.17) is 0 Å². The Kier molecular flexibility index (Phi) is 2.95. The van der Waals surface area contributed by atoms with Crippen molar-refractivity contribution in [2.75, 3.05) is 13.6 Å². The minimum Gasteiger partial charge on any atom is -0.341 e. The Hall–Kier alpha value is -1.03. The molecule has 2 rings (SSSR count). The van der Waals surface area contributed by atoms with Crippen LogP contribution in [-0.4, -0.2) is 24.5 Å². The van der Waals surface area contributed by atoms with Gasteiger partial charge in [-0.05, 0) is 29.9 Å². The third-order valence-electron chi connectivity index (χ3n) is 2.96. The van der Waals surface area contributed by atoms with Crippen LogP contribution in [0.4, 0.5) is 4.79 Å². The van der Waals surface area contributed by atoms with Crippen LogP contribution in [0.25, 0.3) is 0 Å². The van der Waals surface area contributed by atoms with Crippen LogP contribution in [0.3, 0.4) is 0 Å². The van der Waals surface area contributed by atoms with Crippen molar-refractivity contribution in [3.05, 3.63) is 21.9 Å². The Morgan fingerprint density at radius 3 is 3.20 bits per heavy atom. The molecule has 2 amide bonds. The standard InChI is InChI=1S/C11H16N2OS/c1-3-9-8-5-7-15-10(8)4-6-13(9)11(14)12-2/h5,7,9H,3-4,6H2,1-2H3,(H,12,14). The van der Waals surface area contributed by atoms with E-state index in [1.165, 1.54) is 10.4 Å². The second-order valence-electron chi connectivity index (χ2n) is 3.72. The highest BCUT2D eigenvalue weighted by Gasteiger charge is 2.29. The average Bonchev–Trinajstić information content (AvgIpc) is 2.74. The topological polar surface area (TPSA) is 32.3 Å². The van der Waals surface area contributed by atoms with Gasteiger partial charge in [0, 0.05) is 18.5 Å². The van der Waals surface area contributed by atoms with Crippen molar-refractivity contribution >= 4 is 17.4 Å². The summed E-state index contributed by atoms with van der Waals surface area (Å²) in [4.78, 5) is 15.1. The van der Waals surface area contributed by atoms with Gasteiger partial charge < -0.3 is 10.2 Å². The maximum Gasteiger partial charge on any atom is 0.317 e. The van der Waals surface area contributed by atoms with E-state index in [2.05, 4.69) is 23.7 Å². The van der Waals surface area contributed by atoms with Gasteiger partial charge in [-0.2, -0.15) is 0 Å². The van der Waals surface area contributed by atoms with Crippen LogP contribution in [0.1, 0.15) is 29.8 Å². The van der Waals surface area contributed by atoms with E-state index < -0.39 is 0 Å². The van der Waals surface area contributed by atoms with Gasteiger partial charge in [0.05, 0.1) is 6.04 Å². The van der Waals surface area contributed by atoms with Crippen molar-refractivity contribution < 1.29 is 4.79 Å². The van der Waals surface area contributed by atoms with Gasteiger partial charge in [0.25, 0.3) is 0 Å². The molecule has 0 spiro atoms. The van der Waals surface area contributed by atoms with Gasteiger partial charge in [0.15, 0.2) is 0 Å². The van der Waals surface area contributed by atoms with Gasteiger partial charge in [-0.15, -0.1) is 11.3 Å². The molecule has 0 saturated carbocycles. The van der Waals surface area contributed by atoms with E-state index in [-0.39, 0.29) is 12.1 Å². The number of hydrogen-bond donors (Lipinski definition) is 1. The Balaban J connectivity index is 2.28. The SMILES string of the molecule is CCC1c2ccsc2CCN1C(=O)NC. The minimum absolute atomic E-state index is 0.0405. The number of nitrogens with one attached hydrogen (secondary N) is 1. The lowest BCUT2D eigenvalue weighted by Crippen LogP contribution is -2.43. The molecule has 0 aliphatic carbocycles. The van der Waals surface area contributed by atoms with Gasteiger partial charge in [0.2, 0.25) is 0 Å². The largest absolute Gasteiger partial charge is 0.341 e. The quantitative estimate of drug-likeness (QED) is 0.780. The minimum atomic E-state index is 0.0405. The molecule has 1 aromatic heterocycles. The van der Waals surface area contributed by atoms with Gasteiger partial charge >= 0.3 is 6.03 Å². The number of carbonyl (C=O) groups excluding carboxylic acids is 1. The number of hydrogen-bond acceptors (Lipinski definition) is 2. The normalized spacial score (nSPS) is 19.9. The van der Waals surface area contributed by atoms with E-state index in [1.807, 2.05) is 16.2 Å². The molecular formula is C11H16N2OS. The predicted octanol–water partition coefficient (Wildman–Crippen LogP) is 2.40. The van der Waals surface area contributed by atoms with Gasteiger partial charge in [0.1, 0.15) is 0 Å². The molecule has 1 aliphatic heterocycles. The molecule has 1 aromatic rings. The fourth-order valence-corrected chi connectivity index (χ4v) is 3.15. The summed E-state index contributed by atoms with van der Waals surface area (Å²) in [6.07, 6.45) is 1.98. The van der Waals surface area contributed by atoms with Crippen LogP contribution in [-0.2, 0) is 6.42 Å². The zero-order chi connectivity index (χ0) is 10.8. The molecule has 1 N–H and O–H groups in total. The summed E-state index contributed by atoms with van der Waals surface area (Å²) < 4.78 is 0. The first-order chi connectivity index (χ1) is 7.27. The molecule has 0 fully saturated rings. The summed E-state index contributed by atoms with van der Waals surface area (Å²) in [6, 6.07) is 2.46. The van der Waals surface area contributed by atoms with Crippen molar-refractivity contribution in [3.8, 4) is 0 Å². The lowest BCUT2D eigenvalue weighted by Gasteiger charge is -2.35. The smallest absolute Gasteiger partial charge is 0.317 e. The molecule has 2 heterocycles. The molecule has 82 valence electrons. The Labute approximate surface area is 94.1 Å². The summed E-state index contributed by atoms with van der Waals surface area (Å²) >= 11 is 1.81. The fourth-order valence-electron chi connectivity index (χ4n) is 2.22. The molecule has 4 heteroatoms. The Morgan fingerprint density at radius 2 is 2.53 bits per heavy atom. The monoisotopic (exact) mass is 224 g/mol. The van der Waals surface area contributed by atoms with E-state index >= 15 is 0 Å². The van der Waals surface area contributed by atoms with Crippen LogP contribution < -0.4 is 5.32 Å². The van der Waals surface area contributed by atoms with Crippen LogP contribution in [0.5, 0.6) is 0 Å². The summed E-state index contributed by atoms with van der Waals surface area (Å²) in [6.45, 7) is 2.97. The van der Waals surface area contributed by atoms with Crippen LogP contribution in [0.2, 0.25) is 0 Å². The van der Waals surface area contributed by atoms with E-state index in [9.17, 15) is 4.79 Å². The summed E-state index contributed by atoms with van der Waals surface area (Å²) in [5.41, 5.74) is 1.34. The van der Waals surface area contributed by atoms with Crippen molar-refractivity contribution in [2.24, 2.45) is 0 Å². The lowest BCUT2D eigenvalue weighted by molar-refractivity contribution is 0.170. The maximum absolute atomic E-state index is 11.7. The molecule has 0 saturated heterocycles. The highest BCUT2D eigenvalue weighted by Crippen LogP contribution is 2.34. The van der Waals surface area contributed by atoms with Crippen molar-refractivity contribution in [2.45, 2.75) is 25.8 Å². The Morgan fingerprint density at radius 1 is 1.73 bits per heavy atom. The van der Waals surface area contributed by atoms with Crippen LogP contribution in [0.15, 0.2) is 11.4 Å². The summed E-state index contributed by atoms with van der Waals surface area (Å²) in [7, 11) is 1.69. The molecule has 3 nitrogen and oxygen atoms in total. The zero-order valence-electron chi connectivity index (χ0n) is 9.12. The third kappa shape index (κ3) is 1.74. The second kappa shape index (κ2) is 4.23. The molecule has 0 bridgehead atoms. The highest BCUT2D eigenvalue weighted by molar-refractivity contribution is 7.10. The number of amides is 2. The van der Waals surface area contributed by atoms with Crippen molar-refractivity contribution in [1.82, 2.24) is 10.2 Å². The van der Waals surface area contributed by atoms with Crippen molar-refractivity contribution in [1.29, 1.82) is 0 Å². The van der Waals surface area contributed by atoms with Crippen LogP contribution >= 0.6 is 11.3 Å². The number of carbonyl (C=O) groups is 1. The molecule has 1 aliphatic rings. The first kappa shape index (κ1) is 10.5. The third-order valence-corrected chi connectivity index (χ3v) is 3.95. The predicted molar refractivity (Wildman–Crippen MR) is 62.2 cm³/mol. The van der Waals surface area contributed by atoms with E-state index in [1.54, 1.807) is 7.05 Å². The van der Waals surface area contributed by atoms with Gasteiger partial charge in [-0.3, -0.25) is 0 Å². The number of thiophene rings is 1. The van der Waals surface area contributed by atoms with E-state index in [0.717, 1.165) is 19.4 Å². The second-order valence-corrected chi connectivity index (χ2v) is 4.72. The summed E-state index contributed by atoms with van der Waals surface area (Å²) in [5.74, 6) is 0. The van der Waals surface area contributed by atoms with E-state index in [0.29, 0.717) is 0 Å².